The molecule has 1 aliphatic rings. The second-order valence-corrected chi connectivity index (χ2v) is 7.71. The van der Waals surface area contributed by atoms with Gasteiger partial charge in [0.05, 0.1) is 29.8 Å². The van der Waals surface area contributed by atoms with Crippen LogP contribution in [-0.4, -0.2) is 38.7 Å². The van der Waals surface area contributed by atoms with Crippen LogP contribution in [0.2, 0.25) is 0 Å². The van der Waals surface area contributed by atoms with Gasteiger partial charge in [0.2, 0.25) is 5.91 Å². The van der Waals surface area contributed by atoms with Gasteiger partial charge in [-0.05, 0) is 25.5 Å². The summed E-state index contributed by atoms with van der Waals surface area (Å²) in [6.45, 7) is 4.44. The number of aryl methyl sites for hydroxylation is 1. The second-order valence-electron chi connectivity index (χ2n) is 7.71. The fraction of sp³-hybridized carbons (Fsp3) is 0.333. The van der Waals surface area contributed by atoms with E-state index in [4.69, 9.17) is 0 Å². The van der Waals surface area contributed by atoms with Gasteiger partial charge in [-0.15, -0.1) is 0 Å². The van der Waals surface area contributed by atoms with E-state index in [0.717, 1.165) is 17.3 Å². The Balaban J connectivity index is 1.42. The highest BCUT2D eigenvalue weighted by molar-refractivity contribution is 6.04. The highest BCUT2D eigenvalue weighted by Crippen LogP contribution is 2.35. The standard InChI is InChI=1S/C21H22F3N7O/c1-12-19-16(30(3)13(2)20(32)29-19)6-18(28-12)26-8-15-9-27-31(11-15)10-14-4-5-17(25-7-14)21(22,23)24/h4-7,9,11,13H,8,10H2,1-3H3,(H,26,28)(H,29,32)/t13-/m0/s1. The van der Waals surface area contributed by atoms with Crippen LogP contribution in [0.4, 0.5) is 30.4 Å². The van der Waals surface area contributed by atoms with Crippen LogP contribution in [-0.2, 0) is 24.1 Å². The van der Waals surface area contributed by atoms with E-state index in [1.807, 2.05) is 38.1 Å². The highest BCUT2D eigenvalue weighted by Gasteiger charge is 2.32. The van der Waals surface area contributed by atoms with Crippen LogP contribution in [0.3, 0.4) is 0 Å². The lowest BCUT2D eigenvalue weighted by Crippen LogP contribution is -2.44. The molecule has 0 saturated carbocycles. The summed E-state index contributed by atoms with van der Waals surface area (Å²) >= 11 is 0. The van der Waals surface area contributed by atoms with Crippen molar-refractivity contribution in [3.05, 3.63) is 59.3 Å². The first-order valence-electron chi connectivity index (χ1n) is 9.94. The maximum atomic E-state index is 12.6. The van der Waals surface area contributed by atoms with E-state index in [1.165, 1.54) is 12.3 Å². The van der Waals surface area contributed by atoms with E-state index >= 15 is 0 Å². The summed E-state index contributed by atoms with van der Waals surface area (Å²) in [4.78, 5) is 21.9. The van der Waals surface area contributed by atoms with Crippen molar-refractivity contribution in [2.24, 2.45) is 0 Å². The molecule has 0 aromatic carbocycles. The molecule has 0 aliphatic carbocycles. The zero-order chi connectivity index (χ0) is 23.0. The quantitative estimate of drug-likeness (QED) is 0.626. The van der Waals surface area contributed by atoms with Crippen molar-refractivity contribution in [3.63, 3.8) is 0 Å². The molecule has 2 N–H and O–H groups in total. The van der Waals surface area contributed by atoms with Gasteiger partial charge in [-0.1, -0.05) is 6.07 Å². The van der Waals surface area contributed by atoms with Crippen molar-refractivity contribution in [3.8, 4) is 0 Å². The van der Waals surface area contributed by atoms with Gasteiger partial charge >= 0.3 is 6.18 Å². The summed E-state index contributed by atoms with van der Waals surface area (Å²) in [5.74, 6) is 0.595. The minimum absolute atomic E-state index is 0.0683. The van der Waals surface area contributed by atoms with Crippen molar-refractivity contribution in [2.75, 3.05) is 22.6 Å². The number of anilines is 3. The summed E-state index contributed by atoms with van der Waals surface area (Å²) in [6.07, 6.45) is 0.248. The number of pyridine rings is 2. The first-order valence-corrected chi connectivity index (χ1v) is 9.94. The van der Waals surface area contributed by atoms with Crippen LogP contribution in [0, 0.1) is 6.92 Å². The minimum Gasteiger partial charge on any atom is -0.366 e. The van der Waals surface area contributed by atoms with Gasteiger partial charge in [0, 0.05) is 37.6 Å². The highest BCUT2D eigenvalue weighted by atomic mass is 19.4. The lowest BCUT2D eigenvalue weighted by Gasteiger charge is -2.34. The van der Waals surface area contributed by atoms with Gasteiger partial charge in [0.25, 0.3) is 0 Å². The fourth-order valence-electron chi connectivity index (χ4n) is 3.44. The molecule has 0 spiro atoms. The number of fused-ring (bicyclic) bond motifs is 1. The molecule has 0 unspecified atom stereocenters. The Morgan fingerprint density at radius 2 is 2.00 bits per heavy atom. The third-order valence-electron chi connectivity index (χ3n) is 5.39. The Morgan fingerprint density at radius 3 is 2.69 bits per heavy atom. The van der Waals surface area contributed by atoms with Crippen LogP contribution in [0.5, 0.6) is 0 Å². The number of hydrogen-bond acceptors (Lipinski definition) is 6. The smallest absolute Gasteiger partial charge is 0.366 e. The van der Waals surface area contributed by atoms with E-state index in [2.05, 4.69) is 25.7 Å². The van der Waals surface area contributed by atoms with Gasteiger partial charge in [-0.2, -0.15) is 18.3 Å². The number of nitrogens with one attached hydrogen (secondary N) is 2. The molecule has 168 valence electrons. The van der Waals surface area contributed by atoms with E-state index in [9.17, 15) is 18.0 Å². The molecule has 8 nitrogen and oxygen atoms in total. The van der Waals surface area contributed by atoms with Gasteiger partial charge < -0.3 is 15.5 Å². The zero-order valence-electron chi connectivity index (χ0n) is 17.7. The molecule has 1 amide bonds. The number of carbonyl (C=O) groups is 1. The first kappa shape index (κ1) is 21.6. The molecule has 1 aliphatic heterocycles. The van der Waals surface area contributed by atoms with Crippen LogP contribution in [0.1, 0.15) is 29.4 Å². The first-order chi connectivity index (χ1) is 15.1. The normalized spacial score (nSPS) is 16.0. The molecule has 32 heavy (non-hydrogen) atoms. The van der Waals surface area contributed by atoms with Crippen molar-refractivity contribution in [1.82, 2.24) is 19.7 Å². The van der Waals surface area contributed by atoms with Gasteiger partial charge in [-0.3, -0.25) is 14.5 Å². The summed E-state index contributed by atoms with van der Waals surface area (Å²) in [5.41, 5.74) is 2.89. The monoisotopic (exact) mass is 445 g/mol. The Bertz CT molecular complexity index is 1140. The Kier molecular flexibility index (Phi) is 5.49. The van der Waals surface area contributed by atoms with Gasteiger partial charge in [0.15, 0.2) is 0 Å². The topological polar surface area (TPSA) is 88.0 Å². The molecule has 4 rings (SSSR count). The number of alkyl halides is 3. The van der Waals surface area contributed by atoms with Crippen LogP contribution in [0.25, 0.3) is 0 Å². The minimum atomic E-state index is -4.45. The molecule has 4 heterocycles. The van der Waals surface area contributed by atoms with Crippen LogP contribution >= 0.6 is 0 Å². The number of nitrogens with zero attached hydrogens (tertiary/aromatic N) is 5. The molecular weight excluding hydrogens is 423 g/mol. The Hall–Kier alpha value is -3.63. The molecule has 11 heteroatoms. The Morgan fingerprint density at radius 1 is 1.22 bits per heavy atom. The predicted molar refractivity (Wildman–Crippen MR) is 113 cm³/mol. The van der Waals surface area contributed by atoms with E-state index in [-0.39, 0.29) is 11.9 Å². The Labute approximate surface area is 182 Å². The average Bonchev–Trinajstić information content (AvgIpc) is 3.18. The second kappa shape index (κ2) is 8.13. The molecule has 0 fully saturated rings. The third kappa shape index (κ3) is 4.36. The molecule has 0 bridgehead atoms. The molecule has 0 saturated heterocycles. The van der Waals surface area contributed by atoms with Crippen LogP contribution < -0.4 is 15.5 Å². The number of carbonyl (C=O) groups excluding carboxylic acids is 1. The zero-order valence-corrected chi connectivity index (χ0v) is 17.7. The number of aromatic nitrogens is 4. The number of hydrogen-bond donors (Lipinski definition) is 2. The summed E-state index contributed by atoms with van der Waals surface area (Å²) in [7, 11) is 1.87. The van der Waals surface area contributed by atoms with E-state index in [0.29, 0.717) is 35.9 Å². The van der Waals surface area contributed by atoms with E-state index in [1.54, 1.807) is 10.9 Å². The van der Waals surface area contributed by atoms with E-state index < -0.39 is 11.9 Å². The largest absolute Gasteiger partial charge is 0.433 e. The van der Waals surface area contributed by atoms with Crippen molar-refractivity contribution >= 4 is 23.1 Å². The summed E-state index contributed by atoms with van der Waals surface area (Å²) in [5, 5.41) is 10.4. The maximum Gasteiger partial charge on any atom is 0.433 e. The summed E-state index contributed by atoms with van der Waals surface area (Å²) in [6, 6.07) is 3.96. The fourth-order valence-corrected chi connectivity index (χ4v) is 3.44. The van der Waals surface area contributed by atoms with Crippen LogP contribution in [0.15, 0.2) is 36.8 Å². The SMILES string of the molecule is Cc1nc(NCc2cnn(Cc3ccc(C(F)(F)F)nc3)c2)cc2c1NC(=O)[C@H](C)N2C. The van der Waals surface area contributed by atoms with Gasteiger partial charge in [0.1, 0.15) is 17.6 Å². The van der Waals surface area contributed by atoms with Crippen molar-refractivity contribution in [2.45, 2.75) is 39.2 Å². The van der Waals surface area contributed by atoms with Crippen molar-refractivity contribution in [1.29, 1.82) is 0 Å². The van der Waals surface area contributed by atoms with Gasteiger partial charge in [-0.25, -0.2) is 4.98 Å². The summed E-state index contributed by atoms with van der Waals surface area (Å²) < 4.78 is 39.5. The number of likely N-dealkylation sites (N-methyl/N-ethyl adjacent to an activating group) is 1. The lowest BCUT2D eigenvalue weighted by molar-refractivity contribution is -0.141. The van der Waals surface area contributed by atoms with Crippen molar-refractivity contribution < 1.29 is 18.0 Å². The predicted octanol–water partition coefficient (Wildman–Crippen LogP) is 3.44. The number of rotatable bonds is 5. The molecule has 0 radical (unpaired) electrons. The third-order valence-corrected chi connectivity index (χ3v) is 5.39. The lowest BCUT2D eigenvalue weighted by atomic mass is 10.1. The molecular formula is C21H22F3N7O. The maximum absolute atomic E-state index is 12.6. The number of amides is 1. The number of halogens is 3. The average molecular weight is 445 g/mol. The molecule has 1 atom stereocenters. The molecule has 3 aromatic heterocycles. The molecule has 3 aromatic rings.